The molecule has 0 atom stereocenters. The summed E-state index contributed by atoms with van der Waals surface area (Å²) in [7, 11) is 0. The van der Waals surface area contributed by atoms with Gasteiger partial charge in [-0.3, -0.25) is 0 Å². The number of benzene rings is 1. The van der Waals surface area contributed by atoms with E-state index in [9.17, 15) is 0 Å². The van der Waals surface area contributed by atoms with Gasteiger partial charge >= 0.3 is 0 Å². The normalized spacial score (nSPS) is 10.5. The molecule has 0 unspecified atom stereocenters. The van der Waals surface area contributed by atoms with E-state index in [4.69, 9.17) is 10.3 Å². The Morgan fingerprint density at radius 2 is 2.00 bits per heavy atom. The minimum absolute atomic E-state index is 0.379. The van der Waals surface area contributed by atoms with Gasteiger partial charge in [0.25, 0.3) is 0 Å². The van der Waals surface area contributed by atoms with Gasteiger partial charge in [0.05, 0.1) is 0 Å². The molecule has 0 saturated heterocycles. The summed E-state index contributed by atoms with van der Waals surface area (Å²) in [6.45, 7) is 2.12. The fourth-order valence-corrected chi connectivity index (χ4v) is 1.74. The molecule has 2 N–H and O–H groups in total. The fraction of sp³-hybridized carbons (Fsp3) is 0.182. The molecule has 1 aromatic heterocycles. The van der Waals surface area contributed by atoms with Crippen molar-refractivity contribution in [1.82, 2.24) is 5.16 Å². The van der Waals surface area contributed by atoms with Crippen LogP contribution in [0.1, 0.15) is 12.5 Å². The van der Waals surface area contributed by atoms with Gasteiger partial charge in [0, 0.05) is 5.56 Å². The molecule has 0 bridgehead atoms. The summed E-state index contributed by atoms with van der Waals surface area (Å²) < 4.78 is 5.85. The van der Waals surface area contributed by atoms with E-state index in [0.29, 0.717) is 16.1 Å². The van der Waals surface area contributed by atoms with Crippen molar-refractivity contribution in [3.05, 3.63) is 34.3 Å². The summed E-state index contributed by atoms with van der Waals surface area (Å²) >= 11 is 3.34. The van der Waals surface area contributed by atoms with Crippen LogP contribution in [0.2, 0.25) is 0 Å². The van der Waals surface area contributed by atoms with Crippen molar-refractivity contribution in [3.8, 4) is 11.3 Å². The molecular formula is C11H11BrN2O. The maximum Gasteiger partial charge on any atom is 0.183 e. The highest BCUT2D eigenvalue weighted by atomic mass is 79.9. The van der Waals surface area contributed by atoms with Gasteiger partial charge in [-0.05, 0) is 27.9 Å². The van der Waals surface area contributed by atoms with Gasteiger partial charge < -0.3 is 10.3 Å². The Balaban J connectivity index is 2.41. The van der Waals surface area contributed by atoms with E-state index in [1.807, 2.05) is 12.1 Å². The van der Waals surface area contributed by atoms with E-state index in [2.05, 4.69) is 40.1 Å². The highest BCUT2D eigenvalue weighted by Crippen LogP contribution is 2.32. The quantitative estimate of drug-likeness (QED) is 0.908. The van der Waals surface area contributed by atoms with Crippen LogP contribution in [0.3, 0.4) is 0 Å². The Morgan fingerprint density at radius 3 is 2.47 bits per heavy atom. The lowest BCUT2D eigenvalue weighted by atomic mass is 10.1. The molecule has 15 heavy (non-hydrogen) atoms. The van der Waals surface area contributed by atoms with E-state index < -0.39 is 0 Å². The van der Waals surface area contributed by atoms with Crippen LogP contribution in [0.15, 0.2) is 33.3 Å². The number of anilines is 1. The van der Waals surface area contributed by atoms with E-state index in [1.165, 1.54) is 5.56 Å². The molecule has 4 heteroatoms. The van der Waals surface area contributed by atoms with Crippen molar-refractivity contribution in [3.63, 3.8) is 0 Å². The standard InChI is InChI=1S/C11H11BrN2O/c1-2-7-3-5-8(6-4-7)10-9(12)11(13)14-15-10/h3-6H,2H2,1H3,(H2,13,14). The van der Waals surface area contributed by atoms with Crippen molar-refractivity contribution in [2.45, 2.75) is 13.3 Å². The fourth-order valence-electron chi connectivity index (χ4n) is 1.36. The number of halogens is 1. The van der Waals surface area contributed by atoms with Crippen LogP contribution in [0.25, 0.3) is 11.3 Å². The molecular weight excluding hydrogens is 256 g/mol. The molecule has 0 saturated carbocycles. The summed E-state index contributed by atoms with van der Waals surface area (Å²) in [6.07, 6.45) is 1.03. The number of hydrogen-bond acceptors (Lipinski definition) is 3. The molecule has 0 spiro atoms. The van der Waals surface area contributed by atoms with Gasteiger partial charge in [0.2, 0.25) is 0 Å². The number of rotatable bonds is 2. The van der Waals surface area contributed by atoms with Gasteiger partial charge in [-0.25, -0.2) is 0 Å². The second kappa shape index (κ2) is 4.06. The molecule has 1 heterocycles. The number of aryl methyl sites for hydroxylation is 1. The van der Waals surface area contributed by atoms with Crippen molar-refractivity contribution in [1.29, 1.82) is 0 Å². The lowest BCUT2D eigenvalue weighted by Crippen LogP contribution is -1.84. The second-order valence-corrected chi connectivity index (χ2v) is 4.05. The topological polar surface area (TPSA) is 52.0 Å². The number of aromatic nitrogens is 1. The predicted molar refractivity (Wildman–Crippen MR) is 63.4 cm³/mol. The first-order valence-electron chi connectivity index (χ1n) is 4.72. The predicted octanol–water partition coefficient (Wildman–Crippen LogP) is 3.25. The molecule has 1 aromatic carbocycles. The lowest BCUT2D eigenvalue weighted by Gasteiger charge is -1.99. The summed E-state index contributed by atoms with van der Waals surface area (Å²) in [5.41, 5.74) is 7.85. The SMILES string of the molecule is CCc1ccc(-c2onc(N)c2Br)cc1. The van der Waals surface area contributed by atoms with Gasteiger partial charge in [-0.2, -0.15) is 0 Å². The average Bonchev–Trinajstić information content (AvgIpc) is 2.60. The van der Waals surface area contributed by atoms with Crippen LogP contribution >= 0.6 is 15.9 Å². The zero-order chi connectivity index (χ0) is 10.8. The first-order valence-corrected chi connectivity index (χ1v) is 5.51. The molecule has 2 aromatic rings. The number of nitrogens with zero attached hydrogens (tertiary/aromatic N) is 1. The molecule has 0 aliphatic rings. The van der Waals surface area contributed by atoms with Crippen molar-refractivity contribution < 1.29 is 4.52 Å². The maximum atomic E-state index is 5.58. The van der Waals surface area contributed by atoms with Gasteiger partial charge in [0.1, 0.15) is 4.47 Å². The van der Waals surface area contributed by atoms with Crippen molar-refractivity contribution in [2.75, 3.05) is 5.73 Å². The summed E-state index contributed by atoms with van der Waals surface area (Å²) in [4.78, 5) is 0. The van der Waals surface area contributed by atoms with Gasteiger partial charge in [-0.15, -0.1) is 0 Å². The van der Waals surface area contributed by atoms with Crippen LogP contribution in [-0.4, -0.2) is 5.16 Å². The van der Waals surface area contributed by atoms with Crippen LogP contribution < -0.4 is 5.73 Å². The summed E-state index contributed by atoms with van der Waals surface area (Å²) in [5, 5.41) is 3.69. The molecule has 0 fully saturated rings. The molecule has 2 rings (SSSR count). The average molecular weight is 267 g/mol. The third-order valence-corrected chi connectivity index (χ3v) is 3.05. The minimum atomic E-state index is 0.379. The highest BCUT2D eigenvalue weighted by Gasteiger charge is 2.12. The zero-order valence-corrected chi connectivity index (χ0v) is 9.91. The molecule has 0 radical (unpaired) electrons. The van der Waals surface area contributed by atoms with E-state index in [1.54, 1.807) is 0 Å². The van der Waals surface area contributed by atoms with Crippen LogP contribution in [0, 0.1) is 0 Å². The monoisotopic (exact) mass is 266 g/mol. The maximum absolute atomic E-state index is 5.58. The Hall–Kier alpha value is -1.29. The first-order chi connectivity index (χ1) is 7.22. The Labute approximate surface area is 96.4 Å². The number of nitrogens with two attached hydrogens (primary N) is 1. The number of hydrogen-bond donors (Lipinski definition) is 1. The van der Waals surface area contributed by atoms with Gasteiger partial charge in [-0.1, -0.05) is 36.3 Å². The Kier molecular flexibility index (Phi) is 2.77. The summed E-state index contributed by atoms with van der Waals surface area (Å²) in [6, 6.07) is 8.15. The third-order valence-electron chi connectivity index (χ3n) is 2.28. The van der Waals surface area contributed by atoms with E-state index in [-0.39, 0.29) is 0 Å². The Morgan fingerprint density at radius 1 is 1.33 bits per heavy atom. The van der Waals surface area contributed by atoms with Gasteiger partial charge in [0.15, 0.2) is 11.6 Å². The van der Waals surface area contributed by atoms with Crippen LogP contribution in [-0.2, 0) is 6.42 Å². The van der Waals surface area contributed by atoms with Crippen molar-refractivity contribution in [2.24, 2.45) is 0 Å². The lowest BCUT2D eigenvalue weighted by molar-refractivity contribution is 0.435. The van der Waals surface area contributed by atoms with E-state index in [0.717, 1.165) is 12.0 Å². The van der Waals surface area contributed by atoms with Crippen molar-refractivity contribution >= 4 is 21.7 Å². The largest absolute Gasteiger partial charge is 0.380 e. The van der Waals surface area contributed by atoms with E-state index >= 15 is 0 Å². The summed E-state index contributed by atoms with van der Waals surface area (Å²) in [5.74, 6) is 1.06. The van der Waals surface area contributed by atoms with Crippen LogP contribution in [0.5, 0.6) is 0 Å². The van der Waals surface area contributed by atoms with Crippen LogP contribution in [0.4, 0.5) is 5.82 Å². The molecule has 0 aliphatic heterocycles. The second-order valence-electron chi connectivity index (χ2n) is 3.26. The molecule has 78 valence electrons. The molecule has 3 nitrogen and oxygen atoms in total. The molecule has 0 aliphatic carbocycles. The number of nitrogen functional groups attached to an aromatic ring is 1. The first kappa shape index (κ1) is 10.2. The smallest absolute Gasteiger partial charge is 0.183 e. The molecule has 0 amide bonds. The minimum Gasteiger partial charge on any atom is -0.380 e. The Bertz CT molecular complexity index is 462. The third kappa shape index (κ3) is 1.90. The highest BCUT2D eigenvalue weighted by molar-refractivity contribution is 9.10. The zero-order valence-electron chi connectivity index (χ0n) is 8.33.